The number of aliphatic hydroxyl groups excluding tert-OH is 1. The summed E-state index contributed by atoms with van der Waals surface area (Å²) < 4.78 is 0. The van der Waals surface area contributed by atoms with E-state index in [2.05, 4.69) is 11.8 Å². The molecule has 0 aromatic heterocycles. The molecule has 1 fully saturated rings. The number of carbonyl (C=O) groups excluding carboxylic acids is 1. The van der Waals surface area contributed by atoms with Crippen LogP contribution in [0.2, 0.25) is 0 Å². The van der Waals surface area contributed by atoms with E-state index in [-0.39, 0.29) is 0 Å². The molecule has 0 aliphatic carbocycles. The third-order valence-electron chi connectivity index (χ3n) is 2.07. The maximum Gasteiger partial charge on any atom is 0.133 e. The summed E-state index contributed by atoms with van der Waals surface area (Å²) in [6, 6.07) is 0. The van der Waals surface area contributed by atoms with Crippen molar-refractivity contribution in [1.29, 1.82) is 0 Å². The van der Waals surface area contributed by atoms with E-state index < -0.39 is 0 Å². The van der Waals surface area contributed by atoms with E-state index in [9.17, 15) is 4.79 Å². The number of nitrogens with zero attached hydrogens (tertiary/aromatic N) is 1. The Kier molecular flexibility index (Phi) is 7.00. The average Bonchev–Trinajstić information content (AvgIpc) is 2.09. The van der Waals surface area contributed by atoms with Crippen molar-refractivity contribution in [2.24, 2.45) is 5.92 Å². The summed E-state index contributed by atoms with van der Waals surface area (Å²) >= 11 is 0. The maximum atomic E-state index is 10.1. The molecule has 1 heterocycles. The quantitative estimate of drug-likeness (QED) is 0.619. The molecule has 3 heteroatoms. The Morgan fingerprint density at radius 3 is 2.75 bits per heavy atom. The topological polar surface area (TPSA) is 40.5 Å². The van der Waals surface area contributed by atoms with Crippen LogP contribution in [0.1, 0.15) is 19.8 Å². The summed E-state index contributed by atoms with van der Waals surface area (Å²) in [5.41, 5.74) is 0. The lowest BCUT2D eigenvalue weighted by atomic mass is 10.0. The molecule has 0 bridgehead atoms. The molecular formula is C9H19NO2. The zero-order valence-electron chi connectivity index (χ0n) is 7.99. The van der Waals surface area contributed by atoms with Crippen LogP contribution < -0.4 is 0 Å². The van der Waals surface area contributed by atoms with Gasteiger partial charge in [0, 0.05) is 13.7 Å². The number of hydrogen-bond acceptors (Lipinski definition) is 3. The molecule has 0 saturated carbocycles. The van der Waals surface area contributed by atoms with Crippen molar-refractivity contribution in [3.05, 3.63) is 0 Å². The van der Waals surface area contributed by atoms with E-state index in [4.69, 9.17) is 5.11 Å². The molecule has 12 heavy (non-hydrogen) atoms. The Hall–Kier alpha value is -0.410. The predicted molar refractivity (Wildman–Crippen MR) is 49.0 cm³/mol. The first-order chi connectivity index (χ1) is 5.83. The summed E-state index contributed by atoms with van der Waals surface area (Å²) in [5, 5.41) is 7.00. The minimum Gasteiger partial charge on any atom is -0.400 e. The number of aldehydes is 1. The molecule has 0 aromatic carbocycles. The lowest BCUT2D eigenvalue weighted by molar-refractivity contribution is -0.109. The van der Waals surface area contributed by atoms with Crippen LogP contribution in [-0.2, 0) is 4.79 Å². The van der Waals surface area contributed by atoms with E-state index in [1.165, 1.54) is 12.8 Å². The summed E-state index contributed by atoms with van der Waals surface area (Å²) in [5.74, 6) is 0.786. The van der Waals surface area contributed by atoms with Gasteiger partial charge in [-0.15, -0.1) is 0 Å². The fourth-order valence-electron chi connectivity index (χ4n) is 1.56. The minimum atomic E-state index is 0.629. The van der Waals surface area contributed by atoms with Crippen molar-refractivity contribution in [3.8, 4) is 0 Å². The Bertz CT molecular complexity index is 117. The van der Waals surface area contributed by atoms with Gasteiger partial charge in [-0.1, -0.05) is 6.92 Å². The number of hydrogen-bond donors (Lipinski definition) is 1. The van der Waals surface area contributed by atoms with Gasteiger partial charge in [0.25, 0.3) is 0 Å². The van der Waals surface area contributed by atoms with Crippen LogP contribution in [0, 0.1) is 5.92 Å². The SMILES string of the molecule is CC1CCCN(CC=O)C1.CO. The molecule has 0 radical (unpaired) electrons. The first-order valence-corrected chi connectivity index (χ1v) is 4.43. The number of aliphatic hydroxyl groups is 1. The highest BCUT2D eigenvalue weighted by atomic mass is 16.2. The second-order valence-corrected chi connectivity index (χ2v) is 3.17. The minimum absolute atomic E-state index is 0.629. The summed E-state index contributed by atoms with van der Waals surface area (Å²) in [4.78, 5) is 12.4. The molecule has 72 valence electrons. The molecule has 1 unspecified atom stereocenters. The molecule has 0 spiro atoms. The van der Waals surface area contributed by atoms with Crippen LogP contribution in [0.5, 0.6) is 0 Å². The fraction of sp³-hybridized carbons (Fsp3) is 0.889. The van der Waals surface area contributed by atoms with Crippen molar-refractivity contribution in [1.82, 2.24) is 4.90 Å². The van der Waals surface area contributed by atoms with Crippen molar-refractivity contribution in [2.45, 2.75) is 19.8 Å². The highest BCUT2D eigenvalue weighted by Crippen LogP contribution is 2.13. The van der Waals surface area contributed by atoms with Crippen LogP contribution >= 0.6 is 0 Å². The van der Waals surface area contributed by atoms with E-state index in [0.717, 1.165) is 32.4 Å². The lowest BCUT2D eigenvalue weighted by Crippen LogP contribution is -2.35. The van der Waals surface area contributed by atoms with Crippen LogP contribution in [0.15, 0.2) is 0 Å². The molecule has 1 saturated heterocycles. The van der Waals surface area contributed by atoms with Crippen molar-refractivity contribution >= 4 is 6.29 Å². The Morgan fingerprint density at radius 2 is 2.25 bits per heavy atom. The smallest absolute Gasteiger partial charge is 0.133 e. The normalized spacial score (nSPS) is 24.1. The van der Waals surface area contributed by atoms with E-state index in [0.29, 0.717) is 6.54 Å². The van der Waals surface area contributed by atoms with Crippen molar-refractivity contribution in [3.63, 3.8) is 0 Å². The Labute approximate surface area is 74.4 Å². The van der Waals surface area contributed by atoms with Gasteiger partial charge >= 0.3 is 0 Å². The van der Waals surface area contributed by atoms with Gasteiger partial charge < -0.3 is 9.90 Å². The van der Waals surface area contributed by atoms with Crippen molar-refractivity contribution < 1.29 is 9.90 Å². The second kappa shape index (κ2) is 7.25. The van der Waals surface area contributed by atoms with E-state index >= 15 is 0 Å². The molecule has 1 atom stereocenters. The largest absolute Gasteiger partial charge is 0.400 e. The van der Waals surface area contributed by atoms with Gasteiger partial charge in [0.2, 0.25) is 0 Å². The Morgan fingerprint density at radius 1 is 1.58 bits per heavy atom. The van der Waals surface area contributed by atoms with Gasteiger partial charge in [0.15, 0.2) is 0 Å². The molecule has 3 nitrogen and oxygen atoms in total. The Balaban J connectivity index is 0.000000561. The molecule has 0 amide bonds. The highest BCUT2D eigenvalue weighted by molar-refractivity contribution is 5.51. The highest BCUT2D eigenvalue weighted by Gasteiger charge is 2.14. The maximum absolute atomic E-state index is 10.1. The summed E-state index contributed by atoms with van der Waals surface area (Å²) in [7, 11) is 1.00. The average molecular weight is 173 g/mol. The molecular weight excluding hydrogens is 154 g/mol. The van der Waals surface area contributed by atoms with Crippen LogP contribution in [0.25, 0.3) is 0 Å². The first-order valence-electron chi connectivity index (χ1n) is 4.43. The number of rotatable bonds is 2. The summed E-state index contributed by atoms with van der Waals surface area (Å²) in [6.07, 6.45) is 3.59. The van der Waals surface area contributed by atoms with Crippen LogP contribution in [-0.4, -0.2) is 43.0 Å². The van der Waals surface area contributed by atoms with Gasteiger partial charge in [0.05, 0.1) is 6.54 Å². The molecule has 1 rings (SSSR count). The van der Waals surface area contributed by atoms with Gasteiger partial charge in [-0.2, -0.15) is 0 Å². The predicted octanol–water partition coefficient (Wildman–Crippen LogP) is 0.526. The van der Waals surface area contributed by atoms with Gasteiger partial charge in [-0.3, -0.25) is 4.90 Å². The molecule has 1 aliphatic rings. The monoisotopic (exact) mass is 173 g/mol. The van der Waals surface area contributed by atoms with E-state index in [1.807, 2.05) is 0 Å². The third kappa shape index (κ3) is 4.46. The fourth-order valence-corrected chi connectivity index (χ4v) is 1.56. The first kappa shape index (κ1) is 11.6. The van der Waals surface area contributed by atoms with Crippen molar-refractivity contribution in [2.75, 3.05) is 26.7 Å². The summed E-state index contributed by atoms with van der Waals surface area (Å²) in [6.45, 7) is 5.10. The molecule has 0 aromatic rings. The lowest BCUT2D eigenvalue weighted by Gasteiger charge is -2.28. The van der Waals surface area contributed by atoms with Gasteiger partial charge in [-0.05, 0) is 25.3 Å². The number of likely N-dealkylation sites (tertiary alicyclic amines) is 1. The van der Waals surface area contributed by atoms with Gasteiger partial charge in [-0.25, -0.2) is 0 Å². The van der Waals surface area contributed by atoms with Crippen LogP contribution in [0.3, 0.4) is 0 Å². The number of piperidine rings is 1. The van der Waals surface area contributed by atoms with E-state index in [1.54, 1.807) is 0 Å². The second-order valence-electron chi connectivity index (χ2n) is 3.17. The third-order valence-corrected chi connectivity index (χ3v) is 2.07. The zero-order chi connectivity index (χ0) is 9.40. The number of carbonyl (C=O) groups is 1. The van der Waals surface area contributed by atoms with Crippen LogP contribution in [0.4, 0.5) is 0 Å². The zero-order valence-corrected chi connectivity index (χ0v) is 7.99. The molecule has 1 N–H and O–H groups in total. The van der Waals surface area contributed by atoms with Gasteiger partial charge in [0.1, 0.15) is 6.29 Å². The standard InChI is InChI=1S/C8H15NO.CH4O/c1-8-3-2-4-9(7-8)5-6-10;1-2/h6,8H,2-5,7H2,1H3;2H,1H3. The molecule has 1 aliphatic heterocycles.